The molecule has 1 heterocycles. The van der Waals surface area contributed by atoms with Gasteiger partial charge in [0, 0.05) is 6.20 Å². The van der Waals surface area contributed by atoms with E-state index in [1.54, 1.807) is 0 Å². The number of carbonyl (C=O) groups excluding carboxylic acids is 1. The second-order valence-electron chi connectivity index (χ2n) is 3.88. The molecule has 0 atom stereocenters. The summed E-state index contributed by atoms with van der Waals surface area (Å²) >= 11 is 12.1. The zero-order valence-corrected chi connectivity index (χ0v) is 12.2. The van der Waals surface area contributed by atoms with Gasteiger partial charge in [-0.05, 0) is 12.1 Å². The molecule has 1 aromatic carbocycles. The molecule has 1 aromatic heterocycles. The lowest BCUT2D eigenvalue weighted by Gasteiger charge is -2.09. The summed E-state index contributed by atoms with van der Waals surface area (Å²) < 4.78 is 5.00. The molecule has 2 N–H and O–H groups in total. The number of rotatable bonds is 3. The van der Waals surface area contributed by atoms with Crippen LogP contribution in [0.15, 0.2) is 18.3 Å². The lowest BCUT2D eigenvalue weighted by molar-refractivity contribution is 0.0996. The Kier molecular flexibility index (Phi) is 4.26. The van der Waals surface area contributed by atoms with Crippen LogP contribution in [0.25, 0.3) is 11.4 Å². The van der Waals surface area contributed by atoms with Crippen molar-refractivity contribution in [3.63, 3.8) is 0 Å². The smallest absolute Gasteiger partial charge is 0.255 e. The standard InChI is InChI=1S/C13H8Cl2N4O2/c1-21-13-7(11(17)20)5-18-12(19-13)9-6(4-16)2-3-8(14)10(9)15/h2-3,5H,1H3,(H2,17,20). The molecule has 21 heavy (non-hydrogen) atoms. The first-order chi connectivity index (χ1) is 9.99. The number of nitrogens with zero attached hydrogens (tertiary/aromatic N) is 3. The Hall–Kier alpha value is -2.36. The van der Waals surface area contributed by atoms with Crippen LogP contribution in [0.3, 0.4) is 0 Å². The maximum Gasteiger partial charge on any atom is 0.255 e. The number of aromatic nitrogens is 2. The van der Waals surface area contributed by atoms with Crippen LogP contribution in [0, 0.1) is 11.3 Å². The van der Waals surface area contributed by atoms with Crippen LogP contribution in [0.5, 0.6) is 5.88 Å². The molecule has 0 spiro atoms. The van der Waals surface area contributed by atoms with Gasteiger partial charge in [0.1, 0.15) is 5.56 Å². The number of nitriles is 1. The van der Waals surface area contributed by atoms with Crippen LogP contribution in [-0.2, 0) is 0 Å². The summed E-state index contributed by atoms with van der Waals surface area (Å²) in [4.78, 5) is 19.3. The van der Waals surface area contributed by atoms with Crippen molar-refractivity contribution in [3.05, 3.63) is 39.5 Å². The normalized spacial score (nSPS) is 10.0. The van der Waals surface area contributed by atoms with E-state index in [1.807, 2.05) is 6.07 Å². The number of hydrogen-bond donors (Lipinski definition) is 1. The fraction of sp³-hybridized carbons (Fsp3) is 0.0769. The second kappa shape index (κ2) is 5.95. The first-order valence-electron chi connectivity index (χ1n) is 5.59. The van der Waals surface area contributed by atoms with Gasteiger partial charge in [-0.2, -0.15) is 10.2 Å². The predicted molar refractivity (Wildman–Crippen MR) is 77.3 cm³/mol. The zero-order chi connectivity index (χ0) is 15.6. The Morgan fingerprint density at radius 2 is 2.14 bits per heavy atom. The highest BCUT2D eigenvalue weighted by atomic mass is 35.5. The number of carbonyl (C=O) groups is 1. The maximum absolute atomic E-state index is 11.2. The number of hydrogen-bond acceptors (Lipinski definition) is 5. The van der Waals surface area contributed by atoms with Crippen molar-refractivity contribution in [2.24, 2.45) is 5.73 Å². The van der Waals surface area contributed by atoms with Gasteiger partial charge in [-0.1, -0.05) is 23.2 Å². The van der Waals surface area contributed by atoms with Crippen LogP contribution in [0.4, 0.5) is 0 Å². The van der Waals surface area contributed by atoms with Gasteiger partial charge >= 0.3 is 0 Å². The monoisotopic (exact) mass is 322 g/mol. The van der Waals surface area contributed by atoms with Crippen molar-refractivity contribution in [3.8, 4) is 23.3 Å². The summed E-state index contributed by atoms with van der Waals surface area (Å²) in [6.07, 6.45) is 1.21. The number of halogens is 2. The van der Waals surface area contributed by atoms with E-state index in [-0.39, 0.29) is 38.4 Å². The Labute approximate surface area is 130 Å². The van der Waals surface area contributed by atoms with Gasteiger partial charge in [0.05, 0.1) is 34.4 Å². The highest BCUT2D eigenvalue weighted by Gasteiger charge is 2.19. The van der Waals surface area contributed by atoms with Crippen LogP contribution < -0.4 is 10.5 Å². The highest BCUT2D eigenvalue weighted by Crippen LogP contribution is 2.35. The van der Waals surface area contributed by atoms with Crippen molar-refractivity contribution >= 4 is 29.1 Å². The van der Waals surface area contributed by atoms with E-state index >= 15 is 0 Å². The minimum Gasteiger partial charge on any atom is -0.480 e. The minimum absolute atomic E-state index is 0.00701. The van der Waals surface area contributed by atoms with E-state index in [0.717, 1.165) is 0 Å². The number of ether oxygens (including phenoxy) is 1. The van der Waals surface area contributed by atoms with Crippen molar-refractivity contribution < 1.29 is 9.53 Å². The summed E-state index contributed by atoms with van der Waals surface area (Å²) in [5.74, 6) is -0.621. The molecule has 0 bridgehead atoms. The fourth-order valence-electron chi connectivity index (χ4n) is 1.67. The molecule has 0 saturated carbocycles. The number of primary amides is 1. The van der Waals surface area contributed by atoms with Crippen molar-refractivity contribution in [1.29, 1.82) is 5.26 Å². The van der Waals surface area contributed by atoms with Crippen molar-refractivity contribution in [2.75, 3.05) is 7.11 Å². The SMILES string of the molecule is COc1nc(-c2c(C#N)ccc(Cl)c2Cl)ncc1C(N)=O. The predicted octanol–water partition coefficient (Wildman–Crippen LogP) is 2.43. The molecule has 0 saturated heterocycles. The number of methoxy groups -OCH3 is 1. The van der Waals surface area contributed by atoms with E-state index in [1.165, 1.54) is 25.4 Å². The van der Waals surface area contributed by atoms with E-state index in [4.69, 9.17) is 38.9 Å². The summed E-state index contributed by atoms with van der Waals surface area (Å²) in [5, 5.41) is 9.55. The average Bonchev–Trinajstić information content (AvgIpc) is 2.49. The third-order valence-electron chi connectivity index (χ3n) is 2.65. The van der Waals surface area contributed by atoms with Gasteiger partial charge in [0.2, 0.25) is 5.88 Å². The lowest BCUT2D eigenvalue weighted by Crippen LogP contribution is -2.14. The maximum atomic E-state index is 11.2. The van der Waals surface area contributed by atoms with Gasteiger partial charge in [0.15, 0.2) is 5.82 Å². The van der Waals surface area contributed by atoms with Gasteiger partial charge in [-0.25, -0.2) is 4.98 Å². The van der Waals surface area contributed by atoms with Gasteiger partial charge in [-0.3, -0.25) is 4.79 Å². The molecular formula is C13H8Cl2N4O2. The van der Waals surface area contributed by atoms with Crippen LogP contribution in [0.2, 0.25) is 10.0 Å². The van der Waals surface area contributed by atoms with Crippen molar-refractivity contribution in [2.45, 2.75) is 0 Å². The molecule has 0 fully saturated rings. The topological polar surface area (TPSA) is 102 Å². The average molecular weight is 323 g/mol. The largest absolute Gasteiger partial charge is 0.480 e. The molecule has 2 rings (SSSR count). The summed E-state index contributed by atoms with van der Waals surface area (Å²) in [6, 6.07) is 4.98. The molecule has 1 amide bonds. The van der Waals surface area contributed by atoms with E-state index in [0.29, 0.717) is 0 Å². The Balaban J connectivity index is 2.71. The summed E-state index contributed by atoms with van der Waals surface area (Å²) in [5.41, 5.74) is 5.73. The first kappa shape index (κ1) is 15.0. The van der Waals surface area contributed by atoms with E-state index < -0.39 is 5.91 Å². The quantitative estimate of drug-likeness (QED) is 0.934. The van der Waals surface area contributed by atoms with E-state index in [2.05, 4.69) is 9.97 Å². The molecule has 2 aromatic rings. The Morgan fingerprint density at radius 3 is 2.71 bits per heavy atom. The van der Waals surface area contributed by atoms with Crippen LogP contribution in [0.1, 0.15) is 15.9 Å². The molecule has 0 aliphatic heterocycles. The first-order valence-corrected chi connectivity index (χ1v) is 6.34. The molecule has 0 aliphatic carbocycles. The molecule has 6 nitrogen and oxygen atoms in total. The minimum atomic E-state index is -0.726. The molecule has 106 valence electrons. The number of nitrogens with two attached hydrogens (primary N) is 1. The molecule has 0 aliphatic rings. The summed E-state index contributed by atoms with van der Waals surface area (Å²) in [6.45, 7) is 0. The third-order valence-corrected chi connectivity index (χ3v) is 3.46. The zero-order valence-electron chi connectivity index (χ0n) is 10.7. The van der Waals surface area contributed by atoms with Gasteiger partial charge in [0.25, 0.3) is 5.91 Å². The number of amides is 1. The fourth-order valence-corrected chi connectivity index (χ4v) is 2.08. The second-order valence-corrected chi connectivity index (χ2v) is 4.66. The highest BCUT2D eigenvalue weighted by molar-refractivity contribution is 6.43. The van der Waals surface area contributed by atoms with E-state index in [9.17, 15) is 4.79 Å². The van der Waals surface area contributed by atoms with Gasteiger partial charge in [-0.15, -0.1) is 0 Å². The summed E-state index contributed by atoms with van der Waals surface area (Å²) in [7, 11) is 1.34. The molecule has 0 radical (unpaired) electrons. The Bertz CT molecular complexity index is 771. The lowest BCUT2D eigenvalue weighted by atomic mass is 10.1. The van der Waals surface area contributed by atoms with Crippen molar-refractivity contribution in [1.82, 2.24) is 9.97 Å². The van der Waals surface area contributed by atoms with Crippen LogP contribution in [-0.4, -0.2) is 23.0 Å². The van der Waals surface area contributed by atoms with Gasteiger partial charge < -0.3 is 10.5 Å². The third kappa shape index (κ3) is 2.75. The molecular weight excluding hydrogens is 315 g/mol. The molecule has 0 unspecified atom stereocenters. The van der Waals surface area contributed by atoms with Crippen LogP contribution >= 0.6 is 23.2 Å². The Morgan fingerprint density at radius 1 is 1.43 bits per heavy atom. The number of benzene rings is 1. The molecule has 8 heteroatoms.